The van der Waals surface area contributed by atoms with Gasteiger partial charge in [0.25, 0.3) is 0 Å². The molecule has 0 aliphatic rings. The molecule has 0 spiro atoms. The van der Waals surface area contributed by atoms with Crippen molar-refractivity contribution in [1.29, 1.82) is 0 Å². The highest BCUT2D eigenvalue weighted by molar-refractivity contribution is 5.98. The van der Waals surface area contributed by atoms with Gasteiger partial charge in [-0.05, 0) is 18.1 Å². The molecule has 0 radical (unpaired) electrons. The SMILES string of the molecule is CC(O)(CNC(=O)CCC(=O)c1ccc(-c2ccccc2)cc1)C(=O)O. The van der Waals surface area contributed by atoms with Crippen LogP contribution in [0.25, 0.3) is 11.1 Å². The molecule has 0 saturated heterocycles. The number of benzene rings is 2. The van der Waals surface area contributed by atoms with E-state index >= 15 is 0 Å². The molecule has 6 nitrogen and oxygen atoms in total. The molecule has 1 atom stereocenters. The molecule has 0 aliphatic carbocycles. The van der Waals surface area contributed by atoms with E-state index in [1.54, 1.807) is 12.1 Å². The van der Waals surface area contributed by atoms with E-state index in [0.717, 1.165) is 18.1 Å². The number of carboxylic acid groups (broad SMARTS) is 1. The number of carbonyl (C=O) groups is 3. The lowest BCUT2D eigenvalue weighted by atomic mass is 10.0. The van der Waals surface area contributed by atoms with E-state index in [1.165, 1.54) is 0 Å². The second kappa shape index (κ2) is 8.40. The molecule has 2 aromatic rings. The second-order valence-electron chi connectivity index (χ2n) is 6.22. The van der Waals surface area contributed by atoms with Crippen molar-refractivity contribution in [3.8, 4) is 11.1 Å². The molecule has 136 valence electrons. The lowest BCUT2D eigenvalue weighted by Crippen LogP contribution is -2.46. The Morgan fingerprint density at radius 2 is 1.50 bits per heavy atom. The lowest BCUT2D eigenvalue weighted by Gasteiger charge is -2.18. The number of nitrogens with one attached hydrogen (secondary N) is 1. The number of aliphatic carboxylic acids is 1. The summed E-state index contributed by atoms with van der Waals surface area (Å²) in [6.45, 7) is 0.677. The van der Waals surface area contributed by atoms with Crippen molar-refractivity contribution in [3.05, 3.63) is 60.2 Å². The molecule has 0 fully saturated rings. The third kappa shape index (κ3) is 5.26. The Bertz CT molecular complexity index is 782. The molecule has 2 rings (SSSR count). The van der Waals surface area contributed by atoms with E-state index in [-0.39, 0.29) is 18.6 Å². The first-order valence-corrected chi connectivity index (χ1v) is 8.21. The predicted molar refractivity (Wildman–Crippen MR) is 96.7 cm³/mol. The number of ketones is 1. The van der Waals surface area contributed by atoms with Crippen LogP contribution in [0.3, 0.4) is 0 Å². The normalized spacial score (nSPS) is 12.8. The molecule has 1 amide bonds. The van der Waals surface area contributed by atoms with Crippen molar-refractivity contribution in [3.63, 3.8) is 0 Å². The highest BCUT2D eigenvalue weighted by atomic mass is 16.4. The first kappa shape index (κ1) is 19.3. The fourth-order valence-electron chi connectivity index (χ4n) is 2.29. The van der Waals surface area contributed by atoms with E-state index in [2.05, 4.69) is 5.32 Å². The minimum atomic E-state index is -2.03. The zero-order chi connectivity index (χ0) is 19.2. The molecule has 0 aromatic heterocycles. The van der Waals surface area contributed by atoms with Crippen LogP contribution in [-0.2, 0) is 9.59 Å². The van der Waals surface area contributed by atoms with Gasteiger partial charge >= 0.3 is 5.97 Å². The van der Waals surface area contributed by atoms with Crippen molar-refractivity contribution in [2.45, 2.75) is 25.4 Å². The first-order valence-electron chi connectivity index (χ1n) is 8.21. The lowest BCUT2D eigenvalue weighted by molar-refractivity contribution is -0.156. The average Bonchev–Trinajstić information content (AvgIpc) is 2.65. The van der Waals surface area contributed by atoms with Gasteiger partial charge in [-0.1, -0.05) is 54.6 Å². The molecule has 2 aromatic carbocycles. The minimum Gasteiger partial charge on any atom is -0.479 e. The molecule has 3 N–H and O–H groups in total. The fourth-order valence-corrected chi connectivity index (χ4v) is 2.29. The monoisotopic (exact) mass is 355 g/mol. The molecular formula is C20H21NO5. The summed E-state index contributed by atoms with van der Waals surface area (Å²) in [5.41, 5.74) is 0.523. The van der Waals surface area contributed by atoms with Gasteiger partial charge in [0.2, 0.25) is 5.91 Å². The second-order valence-corrected chi connectivity index (χ2v) is 6.22. The maximum Gasteiger partial charge on any atom is 0.337 e. The van der Waals surface area contributed by atoms with E-state index in [0.29, 0.717) is 5.56 Å². The van der Waals surface area contributed by atoms with E-state index < -0.39 is 24.0 Å². The van der Waals surface area contributed by atoms with Crippen LogP contribution in [0, 0.1) is 0 Å². The number of Topliss-reactive ketones (excluding diaryl/α,β-unsaturated/α-hetero) is 1. The summed E-state index contributed by atoms with van der Waals surface area (Å²) in [7, 11) is 0. The quantitative estimate of drug-likeness (QED) is 0.630. The summed E-state index contributed by atoms with van der Waals surface area (Å²) in [4.78, 5) is 34.7. The van der Waals surface area contributed by atoms with Crippen LogP contribution in [0.1, 0.15) is 30.1 Å². The van der Waals surface area contributed by atoms with Crippen LogP contribution in [-0.4, -0.2) is 40.0 Å². The van der Waals surface area contributed by atoms with Crippen molar-refractivity contribution >= 4 is 17.7 Å². The molecule has 1 unspecified atom stereocenters. The van der Waals surface area contributed by atoms with Gasteiger partial charge in [0, 0.05) is 18.4 Å². The summed E-state index contributed by atoms with van der Waals surface area (Å²) in [5, 5.41) is 20.6. The largest absolute Gasteiger partial charge is 0.479 e. The van der Waals surface area contributed by atoms with Crippen LogP contribution in [0.5, 0.6) is 0 Å². The van der Waals surface area contributed by atoms with Crippen LogP contribution < -0.4 is 5.32 Å². The van der Waals surface area contributed by atoms with Gasteiger partial charge in [-0.3, -0.25) is 9.59 Å². The fraction of sp³-hybridized carbons (Fsp3) is 0.250. The Hall–Kier alpha value is -2.99. The van der Waals surface area contributed by atoms with Crippen molar-refractivity contribution in [2.75, 3.05) is 6.54 Å². The van der Waals surface area contributed by atoms with Gasteiger partial charge in [-0.2, -0.15) is 0 Å². The summed E-state index contributed by atoms with van der Waals surface area (Å²) < 4.78 is 0. The van der Waals surface area contributed by atoms with Gasteiger partial charge in [0.05, 0.1) is 6.54 Å². The maximum atomic E-state index is 12.2. The Morgan fingerprint density at radius 3 is 2.08 bits per heavy atom. The number of hydrogen-bond acceptors (Lipinski definition) is 4. The van der Waals surface area contributed by atoms with Crippen molar-refractivity contribution in [2.24, 2.45) is 0 Å². The number of hydrogen-bond donors (Lipinski definition) is 3. The summed E-state index contributed by atoms with van der Waals surface area (Å²) >= 11 is 0. The van der Waals surface area contributed by atoms with Gasteiger partial charge in [-0.25, -0.2) is 4.79 Å². The average molecular weight is 355 g/mol. The van der Waals surface area contributed by atoms with E-state index in [4.69, 9.17) is 5.11 Å². The number of carbonyl (C=O) groups excluding carboxylic acids is 2. The molecule has 26 heavy (non-hydrogen) atoms. The van der Waals surface area contributed by atoms with E-state index in [1.807, 2.05) is 42.5 Å². The molecule has 0 bridgehead atoms. The Morgan fingerprint density at radius 1 is 0.923 bits per heavy atom. The summed E-state index contributed by atoms with van der Waals surface area (Å²) in [6, 6.07) is 16.9. The third-order valence-corrected chi connectivity index (χ3v) is 3.98. The highest BCUT2D eigenvalue weighted by Crippen LogP contribution is 2.19. The van der Waals surface area contributed by atoms with Gasteiger partial charge in [0.15, 0.2) is 11.4 Å². The van der Waals surface area contributed by atoms with E-state index in [9.17, 15) is 19.5 Å². The van der Waals surface area contributed by atoms with Crippen LogP contribution in [0.15, 0.2) is 54.6 Å². The number of rotatable bonds is 8. The van der Waals surface area contributed by atoms with Crippen molar-refractivity contribution in [1.82, 2.24) is 5.32 Å². The molecule has 0 saturated carbocycles. The molecule has 0 aliphatic heterocycles. The zero-order valence-corrected chi connectivity index (χ0v) is 14.4. The topological polar surface area (TPSA) is 104 Å². The van der Waals surface area contributed by atoms with Crippen LogP contribution >= 0.6 is 0 Å². The maximum absolute atomic E-state index is 12.2. The Balaban J connectivity index is 1.86. The highest BCUT2D eigenvalue weighted by Gasteiger charge is 2.30. The molecule has 6 heteroatoms. The first-order chi connectivity index (χ1) is 12.3. The predicted octanol–water partition coefficient (Wildman–Crippen LogP) is 2.27. The number of carboxylic acids is 1. The van der Waals surface area contributed by atoms with Crippen molar-refractivity contribution < 1.29 is 24.6 Å². The number of amides is 1. The summed E-state index contributed by atoms with van der Waals surface area (Å²) in [6.07, 6.45) is -0.0687. The zero-order valence-electron chi connectivity index (χ0n) is 14.4. The standard InChI is InChI=1S/C20H21NO5/c1-20(26,19(24)25)13-21-18(23)12-11-17(22)16-9-7-15(8-10-16)14-5-3-2-4-6-14/h2-10,26H,11-13H2,1H3,(H,21,23)(H,24,25). The van der Waals surface area contributed by atoms with Gasteiger partial charge in [0.1, 0.15) is 0 Å². The Labute approximate surface area is 151 Å². The molecule has 0 heterocycles. The third-order valence-electron chi connectivity index (χ3n) is 3.98. The smallest absolute Gasteiger partial charge is 0.337 e. The molecular weight excluding hydrogens is 334 g/mol. The van der Waals surface area contributed by atoms with Crippen LogP contribution in [0.4, 0.5) is 0 Å². The summed E-state index contributed by atoms with van der Waals surface area (Å²) in [5.74, 6) is -2.09. The Kier molecular flexibility index (Phi) is 6.25. The van der Waals surface area contributed by atoms with Crippen LogP contribution in [0.2, 0.25) is 0 Å². The van der Waals surface area contributed by atoms with Gasteiger partial charge < -0.3 is 15.5 Å². The minimum absolute atomic E-state index is 0.00569. The number of aliphatic hydroxyl groups is 1. The van der Waals surface area contributed by atoms with Gasteiger partial charge in [-0.15, -0.1) is 0 Å².